The zero-order valence-corrected chi connectivity index (χ0v) is 20.0. The van der Waals surface area contributed by atoms with E-state index in [0.29, 0.717) is 16.9 Å². The Labute approximate surface area is 197 Å². The van der Waals surface area contributed by atoms with Gasteiger partial charge in [-0.05, 0) is 102 Å². The number of amides is 1. The van der Waals surface area contributed by atoms with Crippen molar-refractivity contribution in [3.8, 4) is 0 Å². The van der Waals surface area contributed by atoms with Gasteiger partial charge in [-0.15, -0.1) is 0 Å². The summed E-state index contributed by atoms with van der Waals surface area (Å²) in [4.78, 5) is 18.6. The molecule has 0 spiro atoms. The van der Waals surface area contributed by atoms with Crippen LogP contribution in [0.4, 0.5) is 4.39 Å². The lowest BCUT2D eigenvalue weighted by atomic mass is 9.87. The number of rotatable bonds is 9. The van der Waals surface area contributed by atoms with Crippen LogP contribution < -0.4 is 5.32 Å². The number of benzene rings is 1. The van der Waals surface area contributed by atoms with Crippen LogP contribution in [0.2, 0.25) is 0 Å². The summed E-state index contributed by atoms with van der Waals surface area (Å²) in [5, 5.41) is 12.9. The molecule has 5 nitrogen and oxygen atoms in total. The molecular formula is C25H31BrFN3O2. The van der Waals surface area contributed by atoms with Crippen LogP contribution >= 0.6 is 15.9 Å². The molecule has 0 bridgehead atoms. The molecule has 172 valence electrons. The summed E-state index contributed by atoms with van der Waals surface area (Å²) in [7, 11) is 0. The lowest BCUT2D eigenvalue weighted by molar-refractivity contribution is -0.116. The molecule has 0 radical (unpaired) electrons. The summed E-state index contributed by atoms with van der Waals surface area (Å²) in [5.41, 5.74) is 2.09. The maximum atomic E-state index is 13.3. The van der Waals surface area contributed by atoms with E-state index in [1.54, 1.807) is 18.2 Å². The van der Waals surface area contributed by atoms with Gasteiger partial charge in [-0.3, -0.25) is 14.7 Å². The number of hydrogen-bond donors (Lipinski definition) is 2. The van der Waals surface area contributed by atoms with Crippen LogP contribution in [0.15, 0.2) is 53.3 Å². The van der Waals surface area contributed by atoms with Crippen LogP contribution in [-0.2, 0) is 4.79 Å². The Morgan fingerprint density at radius 2 is 2.03 bits per heavy atom. The van der Waals surface area contributed by atoms with Crippen molar-refractivity contribution in [2.75, 3.05) is 26.2 Å². The lowest BCUT2D eigenvalue weighted by Crippen LogP contribution is -2.47. The fourth-order valence-corrected chi connectivity index (χ4v) is 4.71. The van der Waals surface area contributed by atoms with Gasteiger partial charge in [0.15, 0.2) is 0 Å². The first kappa shape index (κ1) is 24.6. The van der Waals surface area contributed by atoms with E-state index in [1.807, 2.05) is 12.4 Å². The number of aliphatic hydroxyl groups excluding tert-OH is 1. The molecule has 32 heavy (non-hydrogen) atoms. The number of pyridine rings is 1. The van der Waals surface area contributed by atoms with Crippen LogP contribution in [0.5, 0.6) is 0 Å². The fraction of sp³-hybridized carbons (Fsp3) is 0.440. The summed E-state index contributed by atoms with van der Waals surface area (Å²) >= 11 is 3.14. The number of aliphatic hydroxyl groups is 1. The maximum Gasteiger partial charge on any atom is 0.243 e. The van der Waals surface area contributed by atoms with Gasteiger partial charge in [0.1, 0.15) is 5.82 Å². The number of carbonyl (C=O) groups is 1. The van der Waals surface area contributed by atoms with E-state index in [4.69, 9.17) is 0 Å². The number of aromatic nitrogens is 1. The van der Waals surface area contributed by atoms with Crippen molar-refractivity contribution in [3.63, 3.8) is 0 Å². The van der Waals surface area contributed by atoms with Gasteiger partial charge in [0.25, 0.3) is 0 Å². The van der Waals surface area contributed by atoms with Crippen molar-refractivity contribution in [2.24, 2.45) is 5.92 Å². The number of piperidine rings is 1. The van der Waals surface area contributed by atoms with Gasteiger partial charge in [0.05, 0.1) is 11.1 Å². The number of nitrogens with one attached hydrogen (secondary N) is 1. The van der Waals surface area contributed by atoms with Gasteiger partial charge in [0.2, 0.25) is 5.91 Å². The SMILES string of the molecule is CC(CCNC(=O)/C=C/c1ccc(F)c(Br)c1)C(CO)N1CCC(c2ccncc2)CC1. The summed E-state index contributed by atoms with van der Waals surface area (Å²) in [5.74, 6) is 0.295. The molecule has 2 heterocycles. The normalized spacial score (nSPS) is 17.4. The van der Waals surface area contributed by atoms with Crippen LogP contribution in [0.25, 0.3) is 6.08 Å². The van der Waals surface area contributed by atoms with Crippen LogP contribution in [0.3, 0.4) is 0 Å². The average molecular weight is 504 g/mol. The highest BCUT2D eigenvalue weighted by Gasteiger charge is 2.28. The summed E-state index contributed by atoms with van der Waals surface area (Å²) in [6.07, 6.45) is 9.76. The van der Waals surface area contributed by atoms with E-state index in [1.165, 1.54) is 17.7 Å². The Balaban J connectivity index is 1.42. The van der Waals surface area contributed by atoms with Gasteiger partial charge >= 0.3 is 0 Å². The first-order valence-corrected chi connectivity index (χ1v) is 11.9. The molecule has 0 saturated carbocycles. The van der Waals surface area contributed by atoms with Crippen molar-refractivity contribution in [2.45, 2.75) is 38.1 Å². The second-order valence-electron chi connectivity index (χ2n) is 8.40. The van der Waals surface area contributed by atoms with E-state index in [-0.39, 0.29) is 30.3 Å². The van der Waals surface area contributed by atoms with Crippen molar-refractivity contribution in [1.82, 2.24) is 15.2 Å². The minimum atomic E-state index is -0.333. The van der Waals surface area contributed by atoms with E-state index < -0.39 is 0 Å². The summed E-state index contributed by atoms with van der Waals surface area (Å²) in [6.45, 7) is 4.72. The van der Waals surface area contributed by atoms with Crippen molar-refractivity contribution < 1.29 is 14.3 Å². The quantitative estimate of drug-likeness (QED) is 0.498. The van der Waals surface area contributed by atoms with Gasteiger partial charge in [-0.2, -0.15) is 0 Å². The molecule has 2 atom stereocenters. The highest BCUT2D eigenvalue weighted by Crippen LogP contribution is 2.29. The Kier molecular flexibility index (Phi) is 9.38. The minimum Gasteiger partial charge on any atom is -0.395 e. The summed E-state index contributed by atoms with van der Waals surface area (Å²) < 4.78 is 13.7. The van der Waals surface area contributed by atoms with Gasteiger partial charge in [0, 0.05) is 31.1 Å². The summed E-state index contributed by atoms with van der Waals surface area (Å²) in [6, 6.07) is 8.90. The third-order valence-electron chi connectivity index (χ3n) is 6.29. The third kappa shape index (κ3) is 6.95. The van der Waals surface area contributed by atoms with Gasteiger partial charge in [-0.25, -0.2) is 4.39 Å². The molecular weight excluding hydrogens is 473 g/mol. The monoisotopic (exact) mass is 503 g/mol. The molecule has 1 fully saturated rings. The Bertz CT molecular complexity index is 901. The highest BCUT2D eigenvalue weighted by atomic mass is 79.9. The van der Waals surface area contributed by atoms with Gasteiger partial charge < -0.3 is 10.4 Å². The molecule has 2 aromatic rings. The number of likely N-dealkylation sites (tertiary alicyclic amines) is 1. The molecule has 7 heteroatoms. The predicted octanol–water partition coefficient (Wildman–Crippen LogP) is 4.38. The third-order valence-corrected chi connectivity index (χ3v) is 6.90. The number of halogens is 2. The molecule has 2 unspecified atom stereocenters. The molecule has 1 saturated heterocycles. The van der Waals surface area contributed by atoms with E-state index >= 15 is 0 Å². The molecule has 1 aliphatic rings. The predicted molar refractivity (Wildman–Crippen MR) is 129 cm³/mol. The minimum absolute atomic E-state index is 0.0948. The van der Waals surface area contributed by atoms with Crippen LogP contribution in [-0.4, -0.2) is 53.2 Å². The standard InChI is InChI=1S/C25H31BrFN3O2/c1-18(6-13-29-25(32)5-3-19-2-4-23(27)22(26)16-19)24(17-31)30-14-9-21(10-15-30)20-7-11-28-12-8-20/h2-5,7-8,11-12,16,18,21,24,31H,6,9-10,13-15,17H2,1H3,(H,29,32)/b5-3+. The number of nitrogens with zero attached hydrogens (tertiary/aromatic N) is 2. The average Bonchev–Trinajstić information content (AvgIpc) is 2.81. The van der Waals surface area contributed by atoms with Crippen molar-refractivity contribution >= 4 is 27.9 Å². The van der Waals surface area contributed by atoms with Crippen LogP contribution in [0.1, 0.15) is 43.2 Å². The molecule has 0 aliphatic carbocycles. The largest absolute Gasteiger partial charge is 0.395 e. The first-order chi connectivity index (χ1) is 15.5. The number of hydrogen-bond acceptors (Lipinski definition) is 4. The zero-order chi connectivity index (χ0) is 22.9. The number of carbonyl (C=O) groups excluding carboxylic acids is 1. The molecule has 3 rings (SSSR count). The smallest absolute Gasteiger partial charge is 0.243 e. The van der Waals surface area contributed by atoms with Crippen molar-refractivity contribution in [3.05, 3.63) is 70.2 Å². The Morgan fingerprint density at radius 1 is 1.31 bits per heavy atom. The highest BCUT2D eigenvalue weighted by molar-refractivity contribution is 9.10. The van der Waals surface area contributed by atoms with Gasteiger partial charge in [-0.1, -0.05) is 13.0 Å². The van der Waals surface area contributed by atoms with Crippen molar-refractivity contribution in [1.29, 1.82) is 0 Å². The molecule has 2 N–H and O–H groups in total. The molecule has 1 amide bonds. The second-order valence-corrected chi connectivity index (χ2v) is 9.26. The van der Waals surface area contributed by atoms with E-state index in [2.05, 4.69) is 50.2 Å². The van der Waals surface area contributed by atoms with E-state index in [9.17, 15) is 14.3 Å². The van der Waals surface area contributed by atoms with E-state index in [0.717, 1.165) is 37.9 Å². The fourth-order valence-electron chi connectivity index (χ4n) is 4.32. The Morgan fingerprint density at radius 3 is 2.69 bits per heavy atom. The molecule has 1 aromatic heterocycles. The maximum absolute atomic E-state index is 13.3. The first-order valence-electron chi connectivity index (χ1n) is 11.1. The topological polar surface area (TPSA) is 65.5 Å². The second kappa shape index (κ2) is 12.2. The lowest BCUT2D eigenvalue weighted by Gasteiger charge is -2.39. The van der Waals surface area contributed by atoms with Crippen LogP contribution in [0, 0.1) is 11.7 Å². The molecule has 1 aliphatic heterocycles. The molecule has 1 aromatic carbocycles. The Hall–Kier alpha value is -2.09. The zero-order valence-electron chi connectivity index (χ0n) is 18.4.